The summed E-state index contributed by atoms with van der Waals surface area (Å²) in [6, 6.07) is 17.9. The molecule has 0 fully saturated rings. The van der Waals surface area contributed by atoms with Gasteiger partial charge >= 0.3 is 6.03 Å². The van der Waals surface area contributed by atoms with Gasteiger partial charge in [-0.25, -0.2) is 9.18 Å². The van der Waals surface area contributed by atoms with Crippen LogP contribution in [0.25, 0.3) is 5.00 Å². The Morgan fingerprint density at radius 3 is 2.74 bits per heavy atom. The lowest BCUT2D eigenvalue weighted by Gasteiger charge is -2.31. The minimum absolute atomic E-state index is 0.181. The predicted molar refractivity (Wildman–Crippen MR) is 134 cm³/mol. The van der Waals surface area contributed by atoms with Crippen molar-refractivity contribution in [2.75, 3.05) is 5.32 Å². The summed E-state index contributed by atoms with van der Waals surface area (Å²) in [6.45, 7) is 2.47. The number of halogens is 1. The van der Waals surface area contributed by atoms with Crippen LogP contribution < -0.4 is 5.32 Å². The van der Waals surface area contributed by atoms with Crippen molar-refractivity contribution in [3.8, 4) is 5.00 Å². The van der Waals surface area contributed by atoms with Crippen molar-refractivity contribution >= 4 is 23.1 Å². The van der Waals surface area contributed by atoms with E-state index < -0.39 is 6.04 Å². The largest absolute Gasteiger partial charge is 0.322 e. The van der Waals surface area contributed by atoms with Gasteiger partial charge in [-0.05, 0) is 79.6 Å². The highest BCUT2D eigenvalue weighted by Crippen LogP contribution is 2.44. The number of carbonyl (C=O) groups is 1. The molecule has 1 atom stereocenters. The quantitative estimate of drug-likeness (QED) is 0.336. The maximum absolute atomic E-state index is 14.4. The van der Waals surface area contributed by atoms with E-state index in [4.69, 9.17) is 0 Å². The summed E-state index contributed by atoms with van der Waals surface area (Å²) in [5, 5.41) is 4.33. The van der Waals surface area contributed by atoms with Crippen LogP contribution in [-0.4, -0.2) is 15.5 Å². The number of benzene rings is 2. The van der Waals surface area contributed by atoms with E-state index in [1.54, 1.807) is 12.1 Å². The number of urea groups is 1. The molecule has 1 aliphatic heterocycles. The highest BCUT2D eigenvalue weighted by molar-refractivity contribution is 7.15. The Morgan fingerprint density at radius 2 is 1.88 bits per heavy atom. The van der Waals surface area contributed by atoms with Crippen LogP contribution >= 0.6 is 11.3 Å². The standard InChI is InChI=1S/C28H26FN3OS/c1-18-8-2-4-12-23(18)30-28(33)32-17-22-21-11-3-5-14-25(21)34-27(22)31-15-7-13-24(31)26(32)19-9-6-10-20(29)16-19/h2,4,6-10,12-13,15-16,26H,3,5,11,14,17H2,1H3,(H,30,33). The maximum Gasteiger partial charge on any atom is 0.322 e. The van der Waals surface area contributed by atoms with Gasteiger partial charge in [0.15, 0.2) is 0 Å². The number of fused-ring (bicyclic) bond motifs is 5. The fourth-order valence-electron chi connectivity index (χ4n) is 5.31. The highest BCUT2D eigenvalue weighted by atomic mass is 32.1. The van der Waals surface area contributed by atoms with E-state index >= 15 is 0 Å². The number of thiophene rings is 1. The van der Waals surface area contributed by atoms with Crippen LogP contribution in [0.1, 0.15) is 51.7 Å². The van der Waals surface area contributed by atoms with Gasteiger partial charge in [-0.15, -0.1) is 11.3 Å². The Kier molecular flexibility index (Phi) is 5.26. The molecule has 3 heterocycles. The lowest BCUT2D eigenvalue weighted by molar-refractivity contribution is 0.194. The van der Waals surface area contributed by atoms with Crippen LogP contribution in [0.5, 0.6) is 0 Å². The Labute approximate surface area is 202 Å². The van der Waals surface area contributed by atoms with Crippen molar-refractivity contribution < 1.29 is 9.18 Å². The Hall–Kier alpha value is -3.38. The molecule has 2 aliphatic rings. The van der Waals surface area contributed by atoms with Gasteiger partial charge in [0.2, 0.25) is 0 Å². The smallest absolute Gasteiger partial charge is 0.310 e. The van der Waals surface area contributed by atoms with Gasteiger partial charge in [0.25, 0.3) is 0 Å². The number of hydrogen-bond donors (Lipinski definition) is 1. The summed E-state index contributed by atoms with van der Waals surface area (Å²) in [4.78, 5) is 17.2. The first kappa shape index (κ1) is 21.2. The van der Waals surface area contributed by atoms with Crippen molar-refractivity contribution in [3.63, 3.8) is 0 Å². The van der Waals surface area contributed by atoms with Gasteiger partial charge in [-0.2, -0.15) is 0 Å². The normalized spacial score (nSPS) is 16.9. The summed E-state index contributed by atoms with van der Waals surface area (Å²) in [5.41, 5.74) is 6.17. The molecule has 1 aliphatic carbocycles. The maximum atomic E-state index is 14.4. The number of rotatable bonds is 2. The van der Waals surface area contributed by atoms with Gasteiger partial charge in [0, 0.05) is 22.3 Å². The third-order valence-corrected chi connectivity index (χ3v) is 8.32. The zero-order valence-corrected chi connectivity index (χ0v) is 19.9. The molecule has 2 amide bonds. The third kappa shape index (κ3) is 3.53. The molecular formula is C28H26FN3OS. The van der Waals surface area contributed by atoms with E-state index in [2.05, 4.69) is 22.1 Å². The number of aryl methyl sites for hydroxylation is 2. The van der Waals surface area contributed by atoms with Crippen LogP contribution in [0.4, 0.5) is 14.9 Å². The molecule has 0 radical (unpaired) electrons. The summed E-state index contributed by atoms with van der Waals surface area (Å²) in [6.07, 6.45) is 6.62. The summed E-state index contributed by atoms with van der Waals surface area (Å²) < 4.78 is 16.6. The molecule has 1 unspecified atom stereocenters. The fraction of sp³-hybridized carbons (Fsp3) is 0.250. The van der Waals surface area contributed by atoms with E-state index in [0.29, 0.717) is 6.54 Å². The second kappa shape index (κ2) is 8.44. The first-order valence-electron chi connectivity index (χ1n) is 11.8. The van der Waals surface area contributed by atoms with Crippen LogP contribution in [0, 0.1) is 12.7 Å². The molecule has 172 valence electrons. The van der Waals surface area contributed by atoms with Crippen LogP contribution in [-0.2, 0) is 19.4 Å². The Bertz CT molecular complexity index is 1390. The van der Waals surface area contributed by atoms with Gasteiger partial charge in [-0.3, -0.25) is 0 Å². The zero-order chi connectivity index (χ0) is 23.2. The molecule has 0 spiro atoms. The number of hydrogen-bond acceptors (Lipinski definition) is 2. The average molecular weight is 472 g/mol. The molecule has 6 rings (SSSR count). The molecule has 4 nitrogen and oxygen atoms in total. The van der Waals surface area contributed by atoms with Crippen molar-refractivity contribution in [1.29, 1.82) is 0 Å². The monoisotopic (exact) mass is 471 g/mol. The van der Waals surface area contributed by atoms with Gasteiger partial charge < -0.3 is 14.8 Å². The van der Waals surface area contributed by atoms with Gasteiger partial charge in [0.1, 0.15) is 10.8 Å². The number of carbonyl (C=O) groups excluding carboxylic acids is 1. The molecule has 4 aromatic rings. The molecular weight excluding hydrogens is 445 g/mol. The van der Waals surface area contributed by atoms with Crippen LogP contribution in [0.15, 0.2) is 66.9 Å². The zero-order valence-electron chi connectivity index (χ0n) is 19.1. The molecule has 0 bridgehead atoms. The lowest BCUT2D eigenvalue weighted by atomic mass is 9.95. The number of aromatic nitrogens is 1. The second-order valence-electron chi connectivity index (χ2n) is 9.13. The first-order chi connectivity index (χ1) is 16.6. The molecule has 2 aromatic heterocycles. The number of amides is 2. The topological polar surface area (TPSA) is 37.3 Å². The van der Waals surface area contributed by atoms with E-state index in [0.717, 1.165) is 35.3 Å². The van der Waals surface area contributed by atoms with Crippen molar-refractivity contribution in [2.24, 2.45) is 0 Å². The van der Waals surface area contributed by atoms with Crippen molar-refractivity contribution in [3.05, 3.63) is 106 Å². The second-order valence-corrected chi connectivity index (χ2v) is 10.2. The molecule has 0 saturated heterocycles. The summed E-state index contributed by atoms with van der Waals surface area (Å²) in [7, 11) is 0. The van der Waals surface area contributed by atoms with Crippen LogP contribution in [0.2, 0.25) is 0 Å². The molecule has 6 heteroatoms. The molecule has 2 aromatic carbocycles. The molecule has 34 heavy (non-hydrogen) atoms. The summed E-state index contributed by atoms with van der Waals surface area (Å²) in [5.74, 6) is -0.300. The molecule has 0 saturated carbocycles. The fourth-order valence-corrected chi connectivity index (χ4v) is 6.72. The van der Waals surface area contributed by atoms with Gasteiger partial charge in [-0.1, -0.05) is 30.3 Å². The van der Waals surface area contributed by atoms with Gasteiger partial charge in [0.05, 0.1) is 18.3 Å². The number of nitrogens with zero attached hydrogens (tertiary/aromatic N) is 2. The predicted octanol–water partition coefficient (Wildman–Crippen LogP) is 7.00. The van der Waals surface area contributed by atoms with E-state index in [9.17, 15) is 9.18 Å². The first-order valence-corrected chi connectivity index (χ1v) is 12.6. The Balaban J connectivity index is 1.51. The highest BCUT2D eigenvalue weighted by Gasteiger charge is 2.36. The van der Waals surface area contributed by atoms with E-state index in [-0.39, 0.29) is 11.8 Å². The van der Waals surface area contributed by atoms with E-state index in [1.807, 2.05) is 59.6 Å². The number of anilines is 1. The SMILES string of the molecule is Cc1ccccc1NC(=O)N1Cc2c(sc3c2CCCC3)-n2cccc2C1c1cccc(F)c1. The van der Waals surface area contributed by atoms with Crippen LogP contribution in [0.3, 0.4) is 0 Å². The minimum atomic E-state index is -0.409. The number of nitrogens with one attached hydrogen (secondary N) is 1. The third-order valence-electron chi connectivity index (χ3n) is 6.99. The summed E-state index contributed by atoms with van der Waals surface area (Å²) >= 11 is 1.85. The molecule has 1 N–H and O–H groups in total. The number of para-hydroxylation sites is 1. The lowest BCUT2D eigenvalue weighted by Crippen LogP contribution is -2.38. The average Bonchev–Trinajstić information content (AvgIpc) is 3.42. The van der Waals surface area contributed by atoms with Crippen molar-refractivity contribution in [1.82, 2.24) is 9.47 Å². The minimum Gasteiger partial charge on any atom is -0.310 e. The van der Waals surface area contributed by atoms with Crippen molar-refractivity contribution in [2.45, 2.75) is 45.2 Å². The Morgan fingerprint density at radius 1 is 1.03 bits per heavy atom. The van der Waals surface area contributed by atoms with E-state index in [1.165, 1.54) is 39.9 Å².